The molecule has 0 aromatic carbocycles. The van der Waals surface area contributed by atoms with Gasteiger partial charge >= 0.3 is 0 Å². The summed E-state index contributed by atoms with van der Waals surface area (Å²) in [6.07, 6.45) is 0.258. The van der Waals surface area contributed by atoms with Gasteiger partial charge in [0.05, 0.1) is 5.25 Å². The van der Waals surface area contributed by atoms with Crippen LogP contribution in [0.5, 0.6) is 0 Å². The Morgan fingerprint density at radius 3 is 1.83 bits per heavy atom. The summed E-state index contributed by atoms with van der Waals surface area (Å²) in [7, 11) is 1.50. The molecule has 2 amide bonds. The Morgan fingerprint density at radius 1 is 1.12 bits per heavy atom. The molecule has 5 nitrogen and oxygen atoms in total. The van der Waals surface area contributed by atoms with E-state index in [2.05, 4.69) is 12.6 Å². The van der Waals surface area contributed by atoms with Gasteiger partial charge in [0.15, 0.2) is 0 Å². The molecule has 1 aliphatic rings. The molecule has 1 fully saturated rings. The van der Waals surface area contributed by atoms with E-state index in [9.17, 15) is 19.2 Å². The molecule has 1 heterocycles. The maximum Gasteiger partial charge on any atom is 0.242 e. The van der Waals surface area contributed by atoms with E-state index in [1.165, 1.54) is 23.7 Å². The molecular weight excluding hydrogens is 346 g/mol. The van der Waals surface area contributed by atoms with E-state index >= 15 is 0 Å². The second kappa shape index (κ2) is 9.04. The largest absolute Gasteiger partial charge is 0.299 e. The van der Waals surface area contributed by atoms with Crippen molar-refractivity contribution < 1.29 is 19.2 Å². The molecule has 0 aromatic heterocycles. The lowest BCUT2D eigenvalue weighted by molar-refractivity contribution is -0.136. The molecule has 1 unspecified atom stereocenters. The topological polar surface area (TPSA) is 71.5 Å². The van der Waals surface area contributed by atoms with Crippen LogP contribution in [-0.4, -0.2) is 52.1 Å². The third-order valence-electron chi connectivity index (χ3n) is 4.29. The van der Waals surface area contributed by atoms with Crippen LogP contribution in [0, 0.1) is 10.8 Å². The van der Waals surface area contributed by atoms with Gasteiger partial charge in [-0.3, -0.25) is 24.1 Å². The van der Waals surface area contributed by atoms with Crippen molar-refractivity contribution in [2.45, 2.75) is 53.2 Å². The second-order valence-corrected chi connectivity index (χ2v) is 8.84. The fraction of sp³-hybridized carbons (Fsp3) is 0.765. The number of imide groups is 1. The minimum absolute atomic E-state index is 0.102. The van der Waals surface area contributed by atoms with E-state index in [1.807, 2.05) is 27.7 Å². The molecule has 1 aliphatic heterocycles. The van der Waals surface area contributed by atoms with Gasteiger partial charge in [0.1, 0.15) is 11.6 Å². The molecule has 1 atom stereocenters. The molecule has 1 rings (SSSR count). The maximum absolute atomic E-state index is 11.6. The van der Waals surface area contributed by atoms with Crippen molar-refractivity contribution in [1.82, 2.24) is 4.90 Å². The summed E-state index contributed by atoms with van der Waals surface area (Å²) in [6.45, 7) is 10.6. The van der Waals surface area contributed by atoms with E-state index < -0.39 is 5.41 Å². The quantitative estimate of drug-likeness (QED) is 0.571. The van der Waals surface area contributed by atoms with Crippen molar-refractivity contribution in [1.29, 1.82) is 0 Å². The number of rotatable bonds is 6. The number of ketones is 2. The van der Waals surface area contributed by atoms with Crippen LogP contribution in [0.3, 0.4) is 0 Å². The third kappa shape index (κ3) is 6.59. The smallest absolute Gasteiger partial charge is 0.242 e. The molecule has 0 radical (unpaired) electrons. The van der Waals surface area contributed by atoms with Crippen LogP contribution in [0.4, 0.5) is 0 Å². The van der Waals surface area contributed by atoms with E-state index in [0.29, 0.717) is 11.5 Å². The van der Waals surface area contributed by atoms with E-state index in [4.69, 9.17) is 0 Å². The first-order valence-corrected chi connectivity index (χ1v) is 9.49. The Balaban J connectivity index is 0.000000561. The van der Waals surface area contributed by atoms with Crippen LogP contribution in [0.25, 0.3) is 0 Å². The van der Waals surface area contributed by atoms with E-state index in [0.717, 1.165) is 0 Å². The Bertz CT molecular complexity index is 515. The fourth-order valence-corrected chi connectivity index (χ4v) is 2.98. The summed E-state index contributed by atoms with van der Waals surface area (Å²) in [5.74, 6) is 1.22. The van der Waals surface area contributed by atoms with Crippen molar-refractivity contribution in [3.63, 3.8) is 0 Å². The normalized spacial score (nSPS) is 18.3. The van der Waals surface area contributed by atoms with Gasteiger partial charge in [0.25, 0.3) is 0 Å². The predicted molar refractivity (Wildman–Crippen MR) is 101 cm³/mol. The van der Waals surface area contributed by atoms with Crippen LogP contribution in [0.1, 0.15) is 48.0 Å². The lowest BCUT2D eigenvalue weighted by Gasteiger charge is -2.21. The van der Waals surface area contributed by atoms with Crippen molar-refractivity contribution in [3.8, 4) is 0 Å². The zero-order chi connectivity index (χ0) is 19.3. The summed E-state index contributed by atoms with van der Waals surface area (Å²) in [6, 6.07) is 0. The first kappa shape index (κ1) is 23.2. The SMILES string of the molecule is CC(=O)C(C)(C)CS.CC(=O)C(C)(C)CSC1CC(=O)N(C)C1=O. The van der Waals surface area contributed by atoms with Crippen molar-refractivity contribution in [3.05, 3.63) is 0 Å². The summed E-state index contributed by atoms with van der Waals surface area (Å²) in [5.41, 5.74) is -0.668. The Kier molecular flexibility index (Phi) is 8.73. The highest BCUT2D eigenvalue weighted by atomic mass is 32.2. The molecule has 0 aliphatic carbocycles. The summed E-state index contributed by atoms with van der Waals surface area (Å²) >= 11 is 5.42. The van der Waals surface area contributed by atoms with E-state index in [-0.39, 0.29) is 40.5 Å². The number of thioether (sulfide) groups is 1. The number of Topliss-reactive ketones (excluding diaryl/α,β-unsaturated/α-hetero) is 2. The molecule has 0 bridgehead atoms. The summed E-state index contributed by atoms with van der Waals surface area (Å²) < 4.78 is 0. The molecule has 1 saturated heterocycles. The average molecular weight is 376 g/mol. The number of amides is 2. The lowest BCUT2D eigenvalue weighted by Crippen LogP contribution is -2.29. The molecule has 0 aromatic rings. The lowest BCUT2D eigenvalue weighted by atomic mass is 9.92. The minimum Gasteiger partial charge on any atom is -0.299 e. The standard InChI is InChI=1S/C11H17NO3S.C6H12OS/c1-7(13)11(2,3)6-16-8-5-9(14)12(4)10(8)15;1-5(7)6(2,3)4-8/h8H,5-6H2,1-4H3;8H,4H2,1-3H3. The molecule has 0 spiro atoms. The van der Waals surface area contributed by atoms with Crippen LogP contribution >= 0.6 is 24.4 Å². The van der Waals surface area contributed by atoms with Crippen LogP contribution in [0.15, 0.2) is 0 Å². The Morgan fingerprint density at radius 2 is 1.58 bits per heavy atom. The maximum atomic E-state index is 11.6. The van der Waals surface area contributed by atoms with Crippen LogP contribution in [0.2, 0.25) is 0 Å². The number of carbonyl (C=O) groups is 4. The highest BCUT2D eigenvalue weighted by Gasteiger charge is 2.37. The van der Waals surface area contributed by atoms with E-state index in [1.54, 1.807) is 13.8 Å². The highest BCUT2D eigenvalue weighted by molar-refractivity contribution is 8.00. The Hall–Kier alpha value is -0.820. The van der Waals surface area contributed by atoms with Gasteiger partial charge in [0.2, 0.25) is 11.8 Å². The van der Waals surface area contributed by atoms with Gasteiger partial charge < -0.3 is 0 Å². The fourth-order valence-electron chi connectivity index (χ4n) is 1.37. The molecule has 24 heavy (non-hydrogen) atoms. The van der Waals surface area contributed by atoms with Crippen LogP contribution in [-0.2, 0) is 19.2 Å². The number of thiol groups is 1. The van der Waals surface area contributed by atoms with Gasteiger partial charge in [-0.15, -0.1) is 11.8 Å². The van der Waals surface area contributed by atoms with Gasteiger partial charge in [-0.1, -0.05) is 27.7 Å². The zero-order valence-corrected chi connectivity index (χ0v) is 17.3. The second-order valence-electron chi connectivity index (χ2n) is 7.33. The van der Waals surface area contributed by atoms with Gasteiger partial charge in [-0.2, -0.15) is 12.6 Å². The molecule has 138 valence electrons. The number of carbonyl (C=O) groups excluding carboxylic acids is 4. The zero-order valence-electron chi connectivity index (χ0n) is 15.6. The highest BCUT2D eigenvalue weighted by Crippen LogP contribution is 2.30. The Labute approximate surface area is 154 Å². The molecule has 0 saturated carbocycles. The molecule has 0 N–H and O–H groups in total. The average Bonchev–Trinajstić information content (AvgIpc) is 2.72. The van der Waals surface area contributed by atoms with Crippen molar-refractivity contribution in [2.24, 2.45) is 10.8 Å². The first-order chi connectivity index (χ1) is 10.8. The summed E-state index contributed by atoms with van der Waals surface area (Å²) in [5, 5.41) is -0.309. The van der Waals surface area contributed by atoms with Gasteiger partial charge in [-0.05, 0) is 13.8 Å². The number of hydrogen-bond acceptors (Lipinski definition) is 6. The van der Waals surface area contributed by atoms with Crippen molar-refractivity contribution in [2.75, 3.05) is 18.6 Å². The summed E-state index contributed by atoms with van der Waals surface area (Å²) in [4.78, 5) is 46.0. The third-order valence-corrected chi connectivity index (χ3v) is 6.74. The monoisotopic (exact) mass is 375 g/mol. The number of hydrogen-bond donors (Lipinski definition) is 1. The molecular formula is C17H29NO4S2. The number of nitrogens with zero attached hydrogens (tertiary/aromatic N) is 1. The first-order valence-electron chi connectivity index (χ1n) is 7.81. The number of likely N-dealkylation sites (tertiary alicyclic amines) is 1. The molecule has 7 heteroatoms. The van der Waals surface area contributed by atoms with Gasteiger partial charge in [-0.25, -0.2) is 0 Å². The predicted octanol–water partition coefficient (Wildman–Crippen LogP) is 2.62. The van der Waals surface area contributed by atoms with Gasteiger partial charge in [0, 0.05) is 35.8 Å². The van der Waals surface area contributed by atoms with Crippen LogP contribution < -0.4 is 0 Å². The minimum atomic E-state index is -0.435. The van der Waals surface area contributed by atoms with Crippen molar-refractivity contribution >= 4 is 47.8 Å².